The van der Waals surface area contributed by atoms with E-state index in [1.807, 2.05) is 31.2 Å². The van der Waals surface area contributed by atoms with E-state index >= 15 is 0 Å². The molecule has 0 saturated carbocycles. The van der Waals surface area contributed by atoms with Crippen molar-refractivity contribution in [2.24, 2.45) is 0 Å². The number of hydrogen-bond acceptors (Lipinski definition) is 4. The van der Waals surface area contributed by atoms with E-state index < -0.39 is 16.0 Å². The van der Waals surface area contributed by atoms with E-state index in [2.05, 4.69) is 5.16 Å². The fourth-order valence-electron chi connectivity index (χ4n) is 2.65. The molecule has 5 nitrogen and oxygen atoms in total. The van der Waals surface area contributed by atoms with Gasteiger partial charge in [-0.15, -0.1) is 0 Å². The number of aromatic nitrogens is 1. The van der Waals surface area contributed by atoms with Crippen molar-refractivity contribution in [2.45, 2.75) is 31.3 Å². The number of para-hydroxylation sites is 1. The van der Waals surface area contributed by atoms with Gasteiger partial charge >= 0.3 is 0 Å². The summed E-state index contributed by atoms with van der Waals surface area (Å²) in [6, 6.07) is 9.61. The molecule has 1 aromatic carbocycles. The highest BCUT2D eigenvalue weighted by Crippen LogP contribution is 2.28. The first-order valence-electron chi connectivity index (χ1n) is 7.25. The first-order valence-corrected chi connectivity index (χ1v) is 8.63. The maximum atomic E-state index is 12.6. The summed E-state index contributed by atoms with van der Waals surface area (Å²) in [7, 11) is -1.33. The van der Waals surface area contributed by atoms with Crippen molar-refractivity contribution in [3.05, 3.63) is 47.3 Å². The number of hydrogen-bond donors (Lipinski definition) is 0. The molecule has 0 fully saturated rings. The van der Waals surface area contributed by atoms with Gasteiger partial charge in [0.05, 0.1) is 11.4 Å². The van der Waals surface area contributed by atoms with E-state index in [4.69, 9.17) is 4.52 Å². The second-order valence-corrected chi connectivity index (χ2v) is 7.23. The van der Waals surface area contributed by atoms with Gasteiger partial charge in [-0.25, -0.2) is 0 Å². The lowest BCUT2D eigenvalue weighted by molar-refractivity contribution is -0.117. The minimum atomic E-state index is -1.33. The van der Waals surface area contributed by atoms with Crippen molar-refractivity contribution in [1.29, 1.82) is 0 Å². The monoisotopic (exact) mass is 318 g/mol. The van der Waals surface area contributed by atoms with E-state index in [1.165, 1.54) is 5.56 Å². The van der Waals surface area contributed by atoms with Gasteiger partial charge in [0.15, 0.2) is 0 Å². The standard InChI is InChI=1S/C16H18N2O3S/c1-11-9-14(21-17-11)10-22(20)12(2)16(19)18-8-7-13-5-3-4-6-15(13)18/h3-6,9,12H,7-8,10H2,1-2H3/t12-,22-/m0/s1. The third-order valence-corrected chi connectivity index (χ3v) is 5.42. The van der Waals surface area contributed by atoms with Crippen molar-refractivity contribution < 1.29 is 13.5 Å². The highest BCUT2D eigenvalue weighted by molar-refractivity contribution is 7.85. The largest absolute Gasteiger partial charge is 0.360 e. The Kier molecular flexibility index (Phi) is 4.11. The SMILES string of the molecule is Cc1cc(C[S@](=O)[C@@H](C)C(=O)N2CCc3ccccc32)on1. The first kappa shape index (κ1) is 15.0. The van der Waals surface area contributed by atoms with Crippen LogP contribution in [0.5, 0.6) is 0 Å². The lowest BCUT2D eigenvalue weighted by atomic mass is 10.2. The summed E-state index contributed by atoms with van der Waals surface area (Å²) < 4.78 is 17.5. The zero-order valence-electron chi connectivity index (χ0n) is 12.6. The molecule has 0 aliphatic carbocycles. The van der Waals surface area contributed by atoms with Crippen molar-refractivity contribution in [3.8, 4) is 0 Å². The number of aryl methyl sites for hydroxylation is 1. The molecule has 0 N–H and O–H groups in total. The number of benzene rings is 1. The van der Waals surface area contributed by atoms with Crippen LogP contribution in [0, 0.1) is 6.92 Å². The number of rotatable bonds is 4. The summed E-state index contributed by atoms with van der Waals surface area (Å²) in [4.78, 5) is 14.4. The zero-order chi connectivity index (χ0) is 15.7. The number of carbonyl (C=O) groups is 1. The van der Waals surface area contributed by atoms with Gasteiger partial charge in [-0.05, 0) is 31.9 Å². The van der Waals surface area contributed by atoms with E-state index in [-0.39, 0.29) is 11.7 Å². The minimum Gasteiger partial charge on any atom is -0.360 e. The Balaban J connectivity index is 1.71. The molecule has 2 heterocycles. The Morgan fingerprint density at radius 3 is 2.95 bits per heavy atom. The fourth-order valence-corrected chi connectivity index (χ4v) is 3.67. The van der Waals surface area contributed by atoms with Gasteiger partial charge in [0, 0.05) is 29.1 Å². The Morgan fingerprint density at radius 1 is 1.45 bits per heavy atom. The number of nitrogens with zero attached hydrogens (tertiary/aromatic N) is 2. The average molecular weight is 318 g/mol. The molecule has 116 valence electrons. The third kappa shape index (κ3) is 2.83. The topological polar surface area (TPSA) is 63.4 Å². The summed E-state index contributed by atoms with van der Waals surface area (Å²) in [6.07, 6.45) is 0.850. The zero-order valence-corrected chi connectivity index (χ0v) is 13.4. The molecule has 0 spiro atoms. The van der Waals surface area contributed by atoms with Crippen LogP contribution < -0.4 is 4.90 Å². The summed E-state index contributed by atoms with van der Waals surface area (Å²) in [5, 5.41) is 3.20. The van der Waals surface area contributed by atoms with Crippen LogP contribution in [0.2, 0.25) is 0 Å². The molecule has 22 heavy (non-hydrogen) atoms. The smallest absolute Gasteiger partial charge is 0.242 e. The first-order chi connectivity index (χ1) is 10.6. The number of fused-ring (bicyclic) bond motifs is 1. The predicted molar refractivity (Wildman–Crippen MR) is 85.0 cm³/mol. The maximum Gasteiger partial charge on any atom is 0.242 e. The molecule has 1 amide bonds. The van der Waals surface area contributed by atoms with Crippen LogP contribution in [0.25, 0.3) is 0 Å². The highest BCUT2D eigenvalue weighted by atomic mass is 32.2. The van der Waals surface area contributed by atoms with E-state index in [0.717, 1.165) is 17.8 Å². The van der Waals surface area contributed by atoms with Gasteiger partial charge in [-0.3, -0.25) is 9.00 Å². The fraction of sp³-hybridized carbons (Fsp3) is 0.375. The van der Waals surface area contributed by atoms with Crippen LogP contribution in [-0.2, 0) is 27.8 Å². The number of amides is 1. The van der Waals surface area contributed by atoms with Crippen LogP contribution in [0.3, 0.4) is 0 Å². The predicted octanol–water partition coefficient (Wildman–Crippen LogP) is 2.21. The van der Waals surface area contributed by atoms with Crippen LogP contribution in [0.1, 0.15) is 23.9 Å². The lowest BCUT2D eigenvalue weighted by Crippen LogP contribution is -2.39. The van der Waals surface area contributed by atoms with Gasteiger partial charge in [0.25, 0.3) is 0 Å². The molecular weight excluding hydrogens is 300 g/mol. The van der Waals surface area contributed by atoms with Gasteiger partial charge in [-0.1, -0.05) is 23.4 Å². The molecular formula is C16H18N2O3S. The van der Waals surface area contributed by atoms with Gasteiger partial charge in [0.2, 0.25) is 5.91 Å². The Bertz CT molecular complexity index is 726. The van der Waals surface area contributed by atoms with Gasteiger partial charge in [0.1, 0.15) is 11.0 Å². The molecule has 1 aromatic heterocycles. The van der Waals surface area contributed by atoms with Crippen molar-refractivity contribution in [2.75, 3.05) is 11.4 Å². The average Bonchev–Trinajstić information content (AvgIpc) is 3.12. The van der Waals surface area contributed by atoms with Crippen LogP contribution in [0.4, 0.5) is 5.69 Å². The quantitative estimate of drug-likeness (QED) is 0.867. The van der Waals surface area contributed by atoms with Gasteiger partial charge < -0.3 is 9.42 Å². The number of carbonyl (C=O) groups excluding carboxylic acids is 1. The minimum absolute atomic E-state index is 0.0977. The molecule has 6 heteroatoms. The molecule has 1 aliphatic heterocycles. The Labute approximate surface area is 131 Å². The highest BCUT2D eigenvalue weighted by Gasteiger charge is 2.31. The van der Waals surface area contributed by atoms with Crippen molar-refractivity contribution in [1.82, 2.24) is 5.16 Å². The molecule has 0 bridgehead atoms. The van der Waals surface area contributed by atoms with Crippen LogP contribution >= 0.6 is 0 Å². The third-order valence-electron chi connectivity index (χ3n) is 3.86. The second kappa shape index (κ2) is 6.04. The van der Waals surface area contributed by atoms with Crippen molar-refractivity contribution >= 4 is 22.4 Å². The normalized spacial score (nSPS) is 16.4. The van der Waals surface area contributed by atoms with Crippen molar-refractivity contribution in [3.63, 3.8) is 0 Å². The second-order valence-electron chi connectivity index (χ2n) is 5.47. The maximum absolute atomic E-state index is 12.6. The lowest BCUT2D eigenvalue weighted by Gasteiger charge is -2.21. The van der Waals surface area contributed by atoms with E-state index in [0.29, 0.717) is 12.3 Å². The Morgan fingerprint density at radius 2 is 2.23 bits per heavy atom. The molecule has 0 radical (unpaired) electrons. The molecule has 2 atom stereocenters. The molecule has 2 aromatic rings. The van der Waals surface area contributed by atoms with Crippen LogP contribution in [0.15, 0.2) is 34.9 Å². The van der Waals surface area contributed by atoms with Gasteiger partial charge in [-0.2, -0.15) is 0 Å². The molecule has 1 aliphatic rings. The van der Waals surface area contributed by atoms with Crippen LogP contribution in [-0.4, -0.2) is 27.1 Å². The summed E-state index contributed by atoms with van der Waals surface area (Å²) >= 11 is 0. The summed E-state index contributed by atoms with van der Waals surface area (Å²) in [6.45, 7) is 4.18. The number of anilines is 1. The molecule has 3 rings (SSSR count). The summed E-state index contributed by atoms with van der Waals surface area (Å²) in [5.41, 5.74) is 2.85. The molecule has 0 saturated heterocycles. The molecule has 0 unspecified atom stereocenters. The Hall–Kier alpha value is -1.95. The van der Waals surface area contributed by atoms with E-state index in [9.17, 15) is 9.00 Å². The van der Waals surface area contributed by atoms with E-state index in [1.54, 1.807) is 17.9 Å². The summed E-state index contributed by atoms with van der Waals surface area (Å²) in [5.74, 6) is 0.667.